The lowest BCUT2D eigenvalue weighted by atomic mass is 10.2. The van der Waals surface area contributed by atoms with Gasteiger partial charge in [-0.15, -0.1) is 0 Å². The third-order valence-electron chi connectivity index (χ3n) is 3.78. The molecule has 1 saturated heterocycles. The molecule has 6 nitrogen and oxygen atoms in total. The second kappa shape index (κ2) is 7.33. The molecule has 1 aliphatic heterocycles. The number of nitrogens with zero attached hydrogens (tertiary/aromatic N) is 1. The van der Waals surface area contributed by atoms with E-state index in [1.807, 2.05) is 0 Å². The van der Waals surface area contributed by atoms with E-state index >= 15 is 0 Å². The zero-order chi connectivity index (χ0) is 15.3. The fraction of sp³-hybridized carbons (Fsp3) is 0.571. The fourth-order valence-corrected chi connectivity index (χ4v) is 3.62. The van der Waals surface area contributed by atoms with Crippen molar-refractivity contribution in [2.75, 3.05) is 33.4 Å². The van der Waals surface area contributed by atoms with Gasteiger partial charge in [0.1, 0.15) is 0 Å². The van der Waals surface area contributed by atoms with Gasteiger partial charge in [0.15, 0.2) is 0 Å². The number of sulfonamides is 1. The van der Waals surface area contributed by atoms with Crippen molar-refractivity contribution in [3.05, 3.63) is 30.3 Å². The summed E-state index contributed by atoms with van der Waals surface area (Å²) in [5.74, 6) is 0. The number of hydrogen-bond acceptors (Lipinski definition) is 5. The minimum absolute atomic E-state index is 0.0381. The molecule has 1 heterocycles. The van der Waals surface area contributed by atoms with Gasteiger partial charge < -0.3 is 9.84 Å². The molecule has 0 radical (unpaired) electrons. The largest absolute Gasteiger partial charge is 0.395 e. The Bertz CT molecular complexity index is 535. The summed E-state index contributed by atoms with van der Waals surface area (Å²) in [5, 5.41) is 9.35. The zero-order valence-electron chi connectivity index (χ0n) is 12.1. The SMILES string of the molecule is CO[C@H]1C[C@@H](CO)N(CCNS(=O)(=O)c2ccccc2)C1. The maximum Gasteiger partial charge on any atom is 0.240 e. The van der Waals surface area contributed by atoms with E-state index in [1.165, 1.54) is 0 Å². The molecule has 2 atom stereocenters. The first-order chi connectivity index (χ1) is 10.1. The van der Waals surface area contributed by atoms with Crippen LogP contribution in [-0.2, 0) is 14.8 Å². The molecule has 1 aromatic carbocycles. The number of aliphatic hydroxyl groups excluding tert-OH is 1. The lowest BCUT2D eigenvalue weighted by Crippen LogP contribution is -2.39. The number of ether oxygens (including phenoxy) is 1. The van der Waals surface area contributed by atoms with Gasteiger partial charge in [0.05, 0.1) is 17.6 Å². The lowest BCUT2D eigenvalue weighted by Gasteiger charge is -2.22. The van der Waals surface area contributed by atoms with E-state index in [0.717, 1.165) is 13.0 Å². The van der Waals surface area contributed by atoms with Crippen molar-refractivity contribution < 1.29 is 18.3 Å². The van der Waals surface area contributed by atoms with E-state index in [9.17, 15) is 13.5 Å². The van der Waals surface area contributed by atoms with Gasteiger partial charge in [-0.1, -0.05) is 18.2 Å². The molecule has 1 fully saturated rings. The van der Waals surface area contributed by atoms with Crippen molar-refractivity contribution in [1.29, 1.82) is 0 Å². The molecule has 1 aliphatic rings. The van der Waals surface area contributed by atoms with Gasteiger partial charge in [-0.2, -0.15) is 0 Å². The number of nitrogens with one attached hydrogen (secondary N) is 1. The third kappa shape index (κ3) is 4.24. The average Bonchev–Trinajstić information content (AvgIpc) is 2.90. The highest BCUT2D eigenvalue weighted by molar-refractivity contribution is 7.89. The van der Waals surface area contributed by atoms with Crippen LogP contribution in [0.2, 0.25) is 0 Å². The Morgan fingerprint density at radius 1 is 1.38 bits per heavy atom. The summed E-state index contributed by atoms with van der Waals surface area (Å²) in [6.07, 6.45) is 0.881. The topological polar surface area (TPSA) is 78.9 Å². The normalized spacial score (nSPS) is 23.5. The highest BCUT2D eigenvalue weighted by Crippen LogP contribution is 2.19. The molecule has 0 amide bonds. The molecule has 0 saturated carbocycles. The Morgan fingerprint density at radius 3 is 2.71 bits per heavy atom. The number of aliphatic hydroxyl groups is 1. The molecule has 2 N–H and O–H groups in total. The number of hydrogen-bond donors (Lipinski definition) is 2. The molecule has 2 rings (SSSR count). The molecule has 0 aliphatic carbocycles. The monoisotopic (exact) mass is 314 g/mol. The first kappa shape index (κ1) is 16.4. The average molecular weight is 314 g/mol. The van der Waals surface area contributed by atoms with Crippen LogP contribution in [0.5, 0.6) is 0 Å². The van der Waals surface area contributed by atoms with E-state index in [1.54, 1.807) is 37.4 Å². The van der Waals surface area contributed by atoms with E-state index in [2.05, 4.69) is 9.62 Å². The van der Waals surface area contributed by atoms with Gasteiger partial charge >= 0.3 is 0 Å². The molecule has 0 spiro atoms. The summed E-state index contributed by atoms with van der Waals surface area (Å²) in [4.78, 5) is 2.32. The first-order valence-electron chi connectivity index (χ1n) is 6.99. The van der Waals surface area contributed by atoms with E-state index in [4.69, 9.17) is 4.74 Å². The summed E-state index contributed by atoms with van der Waals surface area (Å²) in [6, 6.07) is 8.34. The minimum atomic E-state index is -3.47. The summed E-state index contributed by atoms with van der Waals surface area (Å²) in [7, 11) is -1.81. The first-order valence-corrected chi connectivity index (χ1v) is 8.47. The second-order valence-corrected chi connectivity index (χ2v) is 6.90. The Morgan fingerprint density at radius 2 is 2.10 bits per heavy atom. The van der Waals surface area contributed by atoms with Gasteiger partial charge in [0.2, 0.25) is 10.0 Å². The minimum Gasteiger partial charge on any atom is -0.395 e. The van der Waals surface area contributed by atoms with Crippen molar-refractivity contribution in [3.63, 3.8) is 0 Å². The summed E-state index contributed by atoms with van der Waals surface area (Å²) < 4.78 is 32.0. The van der Waals surface area contributed by atoms with Crippen molar-refractivity contribution in [2.45, 2.75) is 23.5 Å². The predicted molar refractivity (Wildman–Crippen MR) is 79.5 cm³/mol. The van der Waals surface area contributed by atoms with E-state index in [0.29, 0.717) is 13.1 Å². The number of likely N-dealkylation sites (tertiary alicyclic amines) is 1. The molecule has 21 heavy (non-hydrogen) atoms. The molecule has 0 bridgehead atoms. The van der Waals surface area contributed by atoms with Gasteiger partial charge in [0.25, 0.3) is 0 Å². The Balaban J connectivity index is 1.87. The van der Waals surface area contributed by atoms with E-state index < -0.39 is 10.0 Å². The van der Waals surface area contributed by atoms with Crippen LogP contribution in [-0.4, -0.2) is 63.9 Å². The third-order valence-corrected chi connectivity index (χ3v) is 5.26. The predicted octanol–water partition coefficient (Wildman–Crippen LogP) is 0.0465. The maximum atomic E-state index is 12.1. The smallest absolute Gasteiger partial charge is 0.240 e. The number of methoxy groups -OCH3 is 1. The zero-order valence-corrected chi connectivity index (χ0v) is 12.9. The number of benzene rings is 1. The molecular formula is C14H22N2O4S. The summed E-state index contributed by atoms with van der Waals surface area (Å²) >= 11 is 0. The molecule has 118 valence electrons. The Labute approximate surface area is 125 Å². The molecule has 1 aromatic rings. The second-order valence-electron chi connectivity index (χ2n) is 5.14. The fourth-order valence-electron chi connectivity index (χ4n) is 2.58. The van der Waals surface area contributed by atoms with Crippen LogP contribution in [0.25, 0.3) is 0 Å². The molecule has 0 aromatic heterocycles. The highest BCUT2D eigenvalue weighted by atomic mass is 32.2. The van der Waals surface area contributed by atoms with Crippen LogP contribution in [0.1, 0.15) is 6.42 Å². The van der Waals surface area contributed by atoms with Crippen molar-refractivity contribution in [1.82, 2.24) is 9.62 Å². The van der Waals surface area contributed by atoms with Crippen molar-refractivity contribution in [2.24, 2.45) is 0 Å². The summed E-state index contributed by atoms with van der Waals surface area (Å²) in [5.41, 5.74) is 0. The Hall–Kier alpha value is -0.990. The van der Waals surface area contributed by atoms with Crippen LogP contribution in [0.3, 0.4) is 0 Å². The standard InChI is InChI=1S/C14H22N2O4S/c1-20-13-9-12(11-17)16(10-13)8-7-15-21(18,19)14-5-3-2-4-6-14/h2-6,12-13,15,17H,7-11H2,1H3/t12-,13-/m0/s1. The van der Waals surface area contributed by atoms with Gasteiger partial charge in [-0.3, -0.25) is 4.90 Å². The number of rotatable bonds is 7. The van der Waals surface area contributed by atoms with E-state index in [-0.39, 0.29) is 23.6 Å². The van der Waals surface area contributed by atoms with Crippen LogP contribution in [0, 0.1) is 0 Å². The molecule has 7 heteroatoms. The maximum absolute atomic E-state index is 12.1. The van der Waals surface area contributed by atoms with Crippen molar-refractivity contribution >= 4 is 10.0 Å². The van der Waals surface area contributed by atoms with Crippen LogP contribution >= 0.6 is 0 Å². The Kier molecular flexibility index (Phi) is 5.72. The van der Waals surface area contributed by atoms with Gasteiger partial charge in [-0.25, -0.2) is 13.1 Å². The lowest BCUT2D eigenvalue weighted by molar-refractivity contribution is 0.108. The van der Waals surface area contributed by atoms with Gasteiger partial charge in [-0.05, 0) is 18.6 Å². The van der Waals surface area contributed by atoms with Crippen LogP contribution < -0.4 is 4.72 Å². The molecule has 0 unspecified atom stereocenters. The highest BCUT2D eigenvalue weighted by Gasteiger charge is 2.31. The van der Waals surface area contributed by atoms with Gasteiger partial charge in [0, 0.05) is 32.8 Å². The van der Waals surface area contributed by atoms with Crippen molar-refractivity contribution in [3.8, 4) is 0 Å². The van der Waals surface area contributed by atoms with Crippen LogP contribution in [0.4, 0.5) is 0 Å². The van der Waals surface area contributed by atoms with Crippen LogP contribution in [0.15, 0.2) is 35.2 Å². The summed E-state index contributed by atoms with van der Waals surface area (Å²) in [6.45, 7) is 1.64. The molecular weight excluding hydrogens is 292 g/mol. The quantitative estimate of drug-likeness (QED) is 0.743.